The smallest absolute Gasteiger partial charge is 0.274 e. The van der Waals surface area contributed by atoms with E-state index in [4.69, 9.17) is 11.6 Å². The lowest BCUT2D eigenvalue weighted by molar-refractivity contribution is 0.0766. The normalized spacial score (nSPS) is 19.4. The summed E-state index contributed by atoms with van der Waals surface area (Å²) in [6.45, 7) is 3.44. The van der Waals surface area contributed by atoms with Crippen molar-refractivity contribution in [1.82, 2.24) is 14.9 Å². The van der Waals surface area contributed by atoms with E-state index in [0.29, 0.717) is 16.7 Å². The third kappa shape index (κ3) is 2.86. The zero-order chi connectivity index (χ0) is 13.9. The van der Waals surface area contributed by atoms with Crippen LogP contribution in [0.1, 0.15) is 23.3 Å². The summed E-state index contributed by atoms with van der Waals surface area (Å²) in [5.41, 5.74) is 0.343. The van der Waals surface area contributed by atoms with Crippen LogP contribution >= 0.6 is 23.4 Å². The minimum atomic E-state index is -0.0712. The van der Waals surface area contributed by atoms with E-state index in [1.54, 1.807) is 6.20 Å². The van der Waals surface area contributed by atoms with Crippen LogP contribution in [0.15, 0.2) is 6.20 Å². The Morgan fingerprint density at radius 3 is 2.60 bits per heavy atom. The molecule has 0 aliphatic carbocycles. The van der Waals surface area contributed by atoms with Crippen LogP contribution in [-0.2, 0) is 0 Å². The maximum Gasteiger partial charge on any atom is 0.274 e. The molecule has 1 aromatic rings. The number of hydrogen-bond donors (Lipinski definition) is 0. The molecule has 3 rings (SSSR count). The number of anilines is 1. The van der Waals surface area contributed by atoms with Gasteiger partial charge in [-0.1, -0.05) is 11.6 Å². The van der Waals surface area contributed by atoms with E-state index in [9.17, 15) is 4.79 Å². The molecule has 2 aliphatic rings. The van der Waals surface area contributed by atoms with Gasteiger partial charge in [-0.05, 0) is 12.8 Å². The molecule has 0 spiro atoms. The highest BCUT2D eigenvalue weighted by Gasteiger charge is 2.24. The van der Waals surface area contributed by atoms with Crippen molar-refractivity contribution in [2.75, 3.05) is 42.6 Å². The van der Waals surface area contributed by atoms with Crippen molar-refractivity contribution in [3.05, 3.63) is 16.9 Å². The maximum atomic E-state index is 12.5. The number of nitrogens with zero attached hydrogens (tertiary/aromatic N) is 4. The van der Waals surface area contributed by atoms with Gasteiger partial charge in [-0.15, -0.1) is 0 Å². The van der Waals surface area contributed by atoms with E-state index < -0.39 is 0 Å². The summed E-state index contributed by atoms with van der Waals surface area (Å²) in [6, 6.07) is 0. The number of halogens is 1. The molecule has 1 amide bonds. The van der Waals surface area contributed by atoms with Crippen molar-refractivity contribution in [3.63, 3.8) is 0 Å². The van der Waals surface area contributed by atoms with Crippen LogP contribution in [0, 0.1) is 0 Å². The molecule has 7 heteroatoms. The van der Waals surface area contributed by atoms with Gasteiger partial charge in [-0.2, -0.15) is 11.8 Å². The molecule has 108 valence electrons. The van der Waals surface area contributed by atoms with Crippen LogP contribution < -0.4 is 4.90 Å². The number of carbonyl (C=O) groups excluding carboxylic acids is 1. The lowest BCUT2D eigenvalue weighted by atomic mass is 10.3. The van der Waals surface area contributed by atoms with Crippen LogP contribution in [0.3, 0.4) is 0 Å². The molecule has 20 heavy (non-hydrogen) atoms. The molecule has 5 nitrogen and oxygen atoms in total. The van der Waals surface area contributed by atoms with Crippen molar-refractivity contribution >= 4 is 35.2 Å². The first kappa shape index (κ1) is 13.9. The second-order valence-electron chi connectivity index (χ2n) is 4.97. The summed E-state index contributed by atoms with van der Waals surface area (Å²) in [5, 5.41) is 0.344. The predicted octanol–water partition coefficient (Wildman–Crippen LogP) is 1.92. The number of thioether (sulfide) groups is 1. The number of aromatic nitrogens is 2. The molecular weight excluding hydrogens is 296 g/mol. The Bertz CT molecular complexity index is 501. The first-order valence-corrected chi connectivity index (χ1v) is 8.43. The van der Waals surface area contributed by atoms with Crippen molar-refractivity contribution in [1.29, 1.82) is 0 Å². The highest BCUT2D eigenvalue weighted by atomic mass is 35.5. The minimum Gasteiger partial charge on any atom is -0.341 e. The zero-order valence-electron chi connectivity index (χ0n) is 11.2. The SMILES string of the molecule is O=C(c1nc(N2CCCC2)ncc1Cl)N1CCSCC1. The Labute approximate surface area is 127 Å². The van der Waals surface area contributed by atoms with Gasteiger partial charge in [0, 0.05) is 37.7 Å². The van der Waals surface area contributed by atoms with Gasteiger partial charge in [0.05, 0.1) is 11.2 Å². The molecule has 0 aromatic carbocycles. The number of carbonyl (C=O) groups is 1. The Morgan fingerprint density at radius 1 is 1.20 bits per heavy atom. The van der Waals surface area contributed by atoms with Crippen molar-refractivity contribution < 1.29 is 4.79 Å². The Morgan fingerprint density at radius 2 is 1.90 bits per heavy atom. The summed E-state index contributed by atoms with van der Waals surface area (Å²) < 4.78 is 0. The predicted molar refractivity (Wildman–Crippen MR) is 81.7 cm³/mol. The summed E-state index contributed by atoms with van der Waals surface area (Å²) >= 11 is 7.99. The summed E-state index contributed by atoms with van der Waals surface area (Å²) in [6.07, 6.45) is 3.85. The highest BCUT2D eigenvalue weighted by molar-refractivity contribution is 7.99. The number of hydrogen-bond acceptors (Lipinski definition) is 5. The topological polar surface area (TPSA) is 49.3 Å². The fourth-order valence-electron chi connectivity index (χ4n) is 2.49. The number of amides is 1. The lowest BCUT2D eigenvalue weighted by Crippen LogP contribution is -2.38. The first-order valence-electron chi connectivity index (χ1n) is 6.90. The average Bonchev–Trinajstić information content (AvgIpc) is 3.02. The molecule has 2 saturated heterocycles. The second-order valence-corrected chi connectivity index (χ2v) is 6.60. The van der Waals surface area contributed by atoms with Crippen LogP contribution in [0.25, 0.3) is 0 Å². The molecule has 0 radical (unpaired) electrons. The third-order valence-corrected chi connectivity index (χ3v) is 4.84. The molecule has 0 saturated carbocycles. The van der Waals surface area contributed by atoms with Crippen LogP contribution in [0.2, 0.25) is 5.02 Å². The van der Waals surface area contributed by atoms with Gasteiger partial charge >= 0.3 is 0 Å². The molecule has 2 aliphatic heterocycles. The van der Waals surface area contributed by atoms with E-state index in [-0.39, 0.29) is 5.91 Å². The Balaban J connectivity index is 1.83. The van der Waals surface area contributed by atoms with Crippen molar-refractivity contribution in [2.24, 2.45) is 0 Å². The summed E-state index contributed by atoms with van der Waals surface area (Å²) in [7, 11) is 0. The van der Waals surface area contributed by atoms with Crippen LogP contribution in [-0.4, -0.2) is 58.5 Å². The van der Waals surface area contributed by atoms with Gasteiger partial charge in [-0.25, -0.2) is 9.97 Å². The van der Waals surface area contributed by atoms with Gasteiger partial charge in [0.2, 0.25) is 5.95 Å². The van der Waals surface area contributed by atoms with Crippen molar-refractivity contribution in [2.45, 2.75) is 12.8 Å². The van der Waals surface area contributed by atoms with Gasteiger partial charge in [-0.3, -0.25) is 4.79 Å². The largest absolute Gasteiger partial charge is 0.341 e. The van der Waals surface area contributed by atoms with Gasteiger partial charge in [0.15, 0.2) is 5.69 Å². The molecule has 2 fully saturated rings. The van der Waals surface area contributed by atoms with E-state index in [2.05, 4.69) is 14.9 Å². The van der Waals surface area contributed by atoms with Gasteiger partial charge < -0.3 is 9.80 Å². The Kier molecular flexibility index (Phi) is 4.31. The molecule has 1 aromatic heterocycles. The van der Waals surface area contributed by atoms with E-state index in [1.165, 1.54) is 0 Å². The van der Waals surface area contributed by atoms with E-state index in [1.807, 2.05) is 16.7 Å². The molecule has 0 bridgehead atoms. The lowest BCUT2D eigenvalue weighted by Gasteiger charge is -2.26. The first-order chi connectivity index (χ1) is 9.75. The molecule has 3 heterocycles. The van der Waals surface area contributed by atoms with Crippen LogP contribution in [0.4, 0.5) is 5.95 Å². The monoisotopic (exact) mass is 312 g/mol. The third-order valence-electron chi connectivity index (χ3n) is 3.62. The molecule has 0 N–H and O–H groups in total. The zero-order valence-corrected chi connectivity index (χ0v) is 12.8. The molecule has 0 atom stereocenters. The fourth-order valence-corrected chi connectivity index (χ4v) is 3.57. The molecule has 0 unspecified atom stereocenters. The van der Waals surface area contributed by atoms with Gasteiger partial charge in [0.1, 0.15) is 0 Å². The fraction of sp³-hybridized carbons (Fsp3) is 0.615. The standard InChI is InChI=1S/C13H17ClN4OS/c14-10-9-15-13(18-3-1-2-4-18)16-11(10)12(19)17-5-7-20-8-6-17/h9H,1-8H2. The number of rotatable bonds is 2. The van der Waals surface area contributed by atoms with E-state index in [0.717, 1.165) is 50.5 Å². The van der Waals surface area contributed by atoms with Crippen molar-refractivity contribution in [3.8, 4) is 0 Å². The molecular formula is C13H17ClN4OS. The highest BCUT2D eigenvalue weighted by Crippen LogP contribution is 2.22. The Hall–Kier alpha value is -1.01. The maximum absolute atomic E-state index is 12.5. The quantitative estimate of drug-likeness (QED) is 0.835. The van der Waals surface area contributed by atoms with Crippen LogP contribution in [0.5, 0.6) is 0 Å². The van der Waals surface area contributed by atoms with Gasteiger partial charge in [0.25, 0.3) is 5.91 Å². The summed E-state index contributed by atoms with van der Waals surface area (Å²) in [5.74, 6) is 2.51. The summed E-state index contributed by atoms with van der Waals surface area (Å²) in [4.78, 5) is 25.1. The average molecular weight is 313 g/mol. The second kappa shape index (κ2) is 6.18. The van der Waals surface area contributed by atoms with E-state index >= 15 is 0 Å². The minimum absolute atomic E-state index is 0.0712.